The van der Waals surface area contributed by atoms with Gasteiger partial charge in [-0.05, 0) is 30.0 Å². The second-order valence-corrected chi connectivity index (χ2v) is 8.60. The zero-order valence-electron chi connectivity index (χ0n) is 14.2. The molecule has 1 aromatic carbocycles. The molecular weight excluding hydrogens is 312 g/mol. The van der Waals surface area contributed by atoms with Gasteiger partial charge in [0.1, 0.15) is 11.9 Å². The lowest BCUT2D eigenvalue weighted by Gasteiger charge is -2.24. The molecule has 1 atom stereocenters. The predicted molar refractivity (Wildman–Crippen MR) is 92.9 cm³/mol. The van der Waals surface area contributed by atoms with Crippen LogP contribution < -0.4 is 4.74 Å². The Kier molecular flexibility index (Phi) is 6.90. The molecule has 0 N–H and O–H groups in total. The van der Waals surface area contributed by atoms with Crippen LogP contribution in [0.25, 0.3) is 0 Å². The van der Waals surface area contributed by atoms with E-state index in [2.05, 4.69) is 0 Å². The molecule has 1 aromatic rings. The molecule has 1 heterocycles. The second kappa shape index (κ2) is 8.69. The average Bonchev–Trinajstić information content (AvgIpc) is 2.54. The molecule has 23 heavy (non-hydrogen) atoms. The summed E-state index contributed by atoms with van der Waals surface area (Å²) in [6.45, 7) is 5.47. The highest BCUT2D eigenvalue weighted by Gasteiger charge is 2.19. The molecule has 130 valence electrons. The van der Waals surface area contributed by atoms with Crippen LogP contribution in [-0.2, 0) is 14.6 Å². The lowest BCUT2D eigenvalue weighted by Crippen LogP contribution is -2.25. The van der Waals surface area contributed by atoms with Gasteiger partial charge in [0.2, 0.25) is 0 Å². The van der Waals surface area contributed by atoms with E-state index < -0.39 is 9.84 Å². The fraction of sp³-hybridized carbons (Fsp3) is 0.667. The number of sulfone groups is 1. The smallest absolute Gasteiger partial charge is 0.150 e. The zero-order valence-corrected chi connectivity index (χ0v) is 15.0. The summed E-state index contributed by atoms with van der Waals surface area (Å²) in [6, 6.07) is 7.85. The van der Waals surface area contributed by atoms with Crippen LogP contribution in [0.3, 0.4) is 0 Å². The molecular formula is C18H28O4S. The Hall–Kier alpha value is -1.07. The molecule has 1 aliphatic rings. The zero-order chi connectivity index (χ0) is 16.7. The number of hydrogen-bond acceptors (Lipinski definition) is 4. The number of ether oxygens (including phenoxy) is 2. The van der Waals surface area contributed by atoms with Crippen molar-refractivity contribution in [1.29, 1.82) is 0 Å². The summed E-state index contributed by atoms with van der Waals surface area (Å²) < 4.78 is 35.6. The van der Waals surface area contributed by atoms with Crippen LogP contribution in [0.15, 0.2) is 24.3 Å². The lowest BCUT2D eigenvalue weighted by atomic mass is 10.0. The standard InChI is InChI=1S/C18H28O4S/c1-3-4-12-23(19,20)14-15(2)16-6-5-7-18(13-16)22-17-8-10-21-11-9-17/h5-7,13,15,17H,3-4,8-12,14H2,1-2H3/t15-/m0/s1. The molecule has 0 saturated carbocycles. The number of rotatable bonds is 8. The van der Waals surface area contributed by atoms with Crippen molar-refractivity contribution >= 4 is 9.84 Å². The van der Waals surface area contributed by atoms with Crippen molar-refractivity contribution in [3.05, 3.63) is 29.8 Å². The van der Waals surface area contributed by atoms with Crippen LogP contribution in [0, 0.1) is 0 Å². The van der Waals surface area contributed by atoms with Crippen LogP contribution in [-0.4, -0.2) is 39.2 Å². The summed E-state index contributed by atoms with van der Waals surface area (Å²) in [4.78, 5) is 0. The third kappa shape index (κ3) is 6.15. The fourth-order valence-electron chi connectivity index (χ4n) is 2.81. The minimum atomic E-state index is -2.99. The van der Waals surface area contributed by atoms with Gasteiger partial charge in [-0.1, -0.05) is 32.4 Å². The molecule has 2 rings (SSSR count). The van der Waals surface area contributed by atoms with E-state index in [-0.39, 0.29) is 23.5 Å². The topological polar surface area (TPSA) is 52.6 Å². The maximum atomic E-state index is 12.1. The molecule has 4 nitrogen and oxygen atoms in total. The van der Waals surface area contributed by atoms with E-state index >= 15 is 0 Å². The van der Waals surface area contributed by atoms with Crippen molar-refractivity contribution in [2.45, 2.75) is 51.6 Å². The highest BCUT2D eigenvalue weighted by atomic mass is 32.2. The summed E-state index contributed by atoms with van der Waals surface area (Å²) in [7, 11) is -2.99. The minimum Gasteiger partial charge on any atom is -0.490 e. The van der Waals surface area contributed by atoms with Gasteiger partial charge in [-0.3, -0.25) is 0 Å². The van der Waals surface area contributed by atoms with E-state index in [9.17, 15) is 8.42 Å². The highest BCUT2D eigenvalue weighted by molar-refractivity contribution is 7.91. The van der Waals surface area contributed by atoms with E-state index in [1.54, 1.807) is 0 Å². The molecule has 1 saturated heterocycles. The second-order valence-electron chi connectivity index (χ2n) is 6.37. The summed E-state index contributed by atoms with van der Waals surface area (Å²) in [5.74, 6) is 1.29. The van der Waals surface area contributed by atoms with Gasteiger partial charge < -0.3 is 9.47 Å². The summed E-state index contributed by atoms with van der Waals surface area (Å²) in [5.41, 5.74) is 1.02. The Morgan fingerprint density at radius 1 is 1.30 bits per heavy atom. The van der Waals surface area contributed by atoms with Gasteiger partial charge >= 0.3 is 0 Å². The van der Waals surface area contributed by atoms with Gasteiger partial charge in [0.05, 0.1) is 24.7 Å². The minimum absolute atomic E-state index is 0.0184. The quantitative estimate of drug-likeness (QED) is 0.726. The summed E-state index contributed by atoms with van der Waals surface area (Å²) >= 11 is 0. The van der Waals surface area contributed by atoms with Crippen LogP contribution in [0.1, 0.15) is 51.0 Å². The molecule has 0 aliphatic carbocycles. The number of unbranched alkanes of at least 4 members (excludes halogenated alkanes) is 1. The number of benzene rings is 1. The van der Waals surface area contributed by atoms with Gasteiger partial charge in [0, 0.05) is 12.8 Å². The van der Waals surface area contributed by atoms with Crippen LogP contribution in [0.4, 0.5) is 0 Å². The van der Waals surface area contributed by atoms with E-state index in [0.29, 0.717) is 0 Å². The third-order valence-corrected chi connectivity index (χ3v) is 6.13. The van der Waals surface area contributed by atoms with Crippen LogP contribution in [0.2, 0.25) is 0 Å². The maximum absolute atomic E-state index is 12.1. The van der Waals surface area contributed by atoms with Gasteiger partial charge in [-0.25, -0.2) is 8.42 Å². The number of hydrogen-bond donors (Lipinski definition) is 0. The van der Waals surface area contributed by atoms with Gasteiger partial charge in [-0.15, -0.1) is 0 Å². The molecule has 0 bridgehead atoms. The largest absolute Gasteiger partial charge is 0.490 e. The monoisotopic (exact) mass is 340 g/mol. The summed E-state index contributed by atoms with van der Waals surface area (Å²) in [6.07, 6.45) is 3.66. The molecule has 1 aliphatic heterocycles. The Balaban J connectivity index is 1.97. The Morgan fingerprint density at radius 3 is 2.74 bits per heavy atom. The van der Waals surface area contributed by atoms with Crippen molar-refractivity contribution < 1.29 is 17.9 Å². The Bertz CT molecular complexity index is 576. The molecule has 0 radical (unpaired) electrons. The summed E-state index contributed by atoms with van der Waals surface area (Å²) in [5, 5.41) is 0. The molecule has 0 aromatic heterocycles. The maximum Gasteiger partial charge on any atom is 0.150 e. The molecule has 1 fully saturated rings. The Labute approximate surface area is 140 Å². The first kappa shape index (κ1) is 18.3. The van der Waals surface area contributed by atoms with Gasteiger partial charge in [0.15, 0.2) is 9.84 Å². The molecule has 5 heteroatoms. The predicted octanol–water partition coefficient (Wildman–Crippen LogP) is 3.56. The van der Waals surface area contributed by atoms with Crippen molar-refractivity contribution in [2.75, 3.05) is 24.7 Å². The van der Waals surface area contributed by atoms with Gasteiger partial charge in [0.25, 0.3) is 0 Å². The van der Waals surface area contributed by atoms with E-state index in [1.165, 1.54) is 0 Å². The van der Waals surface area contributed by atoms with E-state index in [1.807, 2.05) is 38.1 Å². The SMILES string of the molecule is CCCCS(=O)(=O)C[C@H](C)c1cccc(OC2CCOCC2)c1. The van der Waals surface area contributed by atoms with Crippen LogP contribution >= 0.6 is 0 Å². The normalized spacial score (nSPS) is 17.8. The van der Waals surface area contributed by atoms with Crippen molar-refractivity contribution in [3.8, 4) is 5.75 Å². The van der Waals surface area contributed by atoms with Gasteiger partial charge in [-0.2, -0.15) is 0 Å². The highest BCUT2D eigenvalue weighted by Crippen LogP contribution is 2.24. The first-order valence-electron chi connectivity index (χ1n) is 8.55. The van der Waals surface area contributed by atoms with E-state index in [0.717, 1.165) is 50.2 Å². The third-order valence-electron chi connectivity index (χ3n) is 4.21. The first-order valence-corrected chi connectivity index (χ1v) is 10.4. The van der Waals surface area contributed by atoms with Crippen LogP contribution in [0.5, 0.6) is 5.75 Å². The molecule has 0 unspecified atom stereocenters. The van der Waals surface area contributed by atoms with Crippen molar-refractivity contribution in [3.63, 3.8) is 0 Å². The first-order chi connectivity index (χ1) is 11.0. The fourth-order valence-corrected chi connectivity index (χ4v) is 4.65. The Morgan fingerprint density at radius 2 is 2.04 bits per heavy atom. The molecule has 0 spiro atoms. The lowest BCUT2D eigenvalue weighted by molar-refractivity contribution is 0.0255. The molecule has 0 amide bonds. The van der Waals surface area contributed by atoms with Crippen molar-refractivity contribution in [2.24, 2.45) is 0 Å². The van der Waals surface area contributed by atoms with E-state index in [4.69, 9.17) is 9.47 Å². The average molecular weight is 340 g/mol. The van der Waals surface area contributed by atoms with Crippen molar-refractivity contribution in [1.82, 2.24) is 0 Å².